The van der Waals surface area contributed by atoms with Crippen molar-refractivity contribution in [2.75, 3.05) is 5.32 Å². The molecule has 112 valence electrons. The highest BCUT2D eigenvalue weighted by Gasteiger charge is 2.27. The summed E-state index contributed by atoms with van der Waals surface area (Å²) in [5.74, 6) is -0.865. The molecule has 0 aliphatic carbocycles. The molecular formula is C15H10Cl2FN3O. The molecule has 2 heterocycles. The third-order valence-corrected chi connectivity index (χ3v) is 4.08. The fourth-order valence-electron chi connectivity index (χ4n) is 2.18. The molecule has 0 spiro atoms. The summed E-state index contributed by atoms with van der Waals surface area (Å²) in [7, 11) is 0. The minimum Gasteiger partial charge on any atom is -0.324 e. The molecule has 2 aromatic rings. The van der Waals surface area contributed by atoms with E-state index in [-0.39, 0.29) is 27.4 Å². The summed E-state index contributed by atoms with van der Waals surface area (Å²) in [6.07, 6.45) is 1.45. The van der Waals surface area contributed by atoms with Crippen LogP contribution in [0.4, 0.5) is 10.1 Å². The van der Waals surface area contributed by atoms with Crippen LogP contribution in [-0.2, 0) is 4.79 Å². The van der Waals surface area contributed by atoms with E-state index >= 15 is 0 Å². The molecule has 3 rings (SSSR count). The summed E-state index contributed by atoms with van der Waals surface area (Å²) in [6, 6.07) is 5.21. The van der Waals surface area contributed by atoms with Gasteiger partial charge in [-0.3, -0.25) is 14.8 Å². The topological polar surface area (TPSA) is 54.4 Å². The number of benzodiazepines with no additional fused rings is 1. The van der Waals surface area contributed by atoms with E-state index in [2.05, 4.69) is 15.3 Å². The number of fused-ring (bicyclic) bond motifs is 1. The normalized spacial score (nSPS) is 17.4. The monoisotopic (exact) mass is 337 g/mol. The van der Waals surface area contributed by atoms with Crippen LogP contribution in [0.5, 0.6) is 0 Å². The van der Waals surface area contributed by atoms with Crippen molar-refractivity contribution in [3.8, 4) is 0 Å². The maximum atomic E-state index is 14.1. The number of benzene rings is 1. The Hall–Kier alpha value is -1.98. The molecular weight excluding hydrogens is 328 g/mol. The molecule has 0 saturated heterocycles. The number of hydrogen-bond donors (Lipinski definition) is 1. The second-order valence-electron chi connectivity index (χ2n) is 4.76. The van der Waals surface area contributed by atoms with E-state index in [0.717, 1.165) is 0 Å². The largest absolute Gasteiger partial charge is 0.324 e. The fourth-order valence-corrected chi connectivity index (χ4v) is 2.59. The maximum absolute atomic E-state index is 14.1. The molecule has 1 aromatic carbocycles. The van der Waals surface area contributed by atoms with Crippen LogP contribution >= 0.6 is 23.2 Å². The van der Waals surface area contributed by atoms with Gasteiger partial charge in [0, 0.05) is 11.8 Å². The minimum absolute atomic E-state index is 0.0243. The predicted octanol–water partition coefficient (Wildman–Crippen LogP) is 3.71. The predicted molar refractivity (Wildman–Crippen MR) is 84.4 cm³/mol. The lowest BCUT2D eigenvalue weighted by atomic mass is 10.0. The van der Waals surface area contributed by atoms with Crippen LogP contribution in [0.1, 0.15) is 18.2 Å². The Labute approximate surface area is 136 Å². The molecule has 1 atom stereocenters. The summed E-state index contributed by atoms with van der Waals surface area (Å²) in [4.78, 5) is 20.3. The van der Waals surface area contributed by atoms with E-state index in [4.69, 9.17) is 23.2 Å². The Morgan fingerprint density at radius 2 is 2.05 bits per heavy atom. The van der Waals surface area contributed by atoms with Crippen molar-refractivity contribution in [1.29, 1.82) is 0 Å². The van der Waals surface area contributed by atoms with Gasteiger partial charge in [-0.05, 0) is 31.2 Å². The maximum Gasteiger partial charge on any atom is 0.248 e. The number of hydrogen-bond acceptors (Lipinski definition) is 3. The number of aliphatic imine (C=N–C) groups is 1. The van der Waals surface area contributed by atoms with Crippen LogP contribution in [0.3, 0.4) is 0 Å². The lowest BCUT2D eigenvalue weighted by Gasteiger charge is -2.12. The number of halogens is 3. The number of carbonyl (C=O) groups is 1. The summed E-state index contributed by atoms with van der Waals surface area (Å²) >= 11 is 12.3. The Morgan fingerprint density at radius 1 is 1.27 bits per heavy atom. The second kappa shape index (κ2) is 5.66. The van der Waals surface area contributed by atoms with E-state index in [1.54, 1.807) is 19.1 Å². The minimum atomic E-state index is -0.710. The van der Waals surface area contributed by atoms with Crippen molar-refractivity contribution in [1.82, 2.24) is 4.98 Å². The van der Waals surface area contributed by atoms with Crippen LogP contribution in [0, 0.1) is 5.82 Å². The SMILES string of the molecule is C[C@@H]1N=C(c2ncccc2F)c2c(ccc(Cl)c2Cl)NC1=O. The molecule has 0 unspecified atom stereocenters. The van der Waals surface area contributed by atoms with Crippen molar-refractivity contribution in [3.05, 3.63) is 57.6 Å². The molecule has 1 amide bonds. The third kappa shape index (κ3) is 2.46. The summed E-state index contributed by atoms with van der Waals surface area (Å²) < 4.78 is 14.1. The van der Waals surface area contributed by atoms with Crippen LogP contribution in [0.25, 0.3) is 0 Å². The molecule has 22 heavy (non-hydrogen) atoms. The van der Waals surface area contributed by atoms with Gasteiger partial charge in [-0.1, -0.05) is 23.2 Å². The zero-order valence-electron chi connectivity index (χ0n) is 11.4. The van der Waals surface area contributed by atoms with Gasteiger partial charge in [-0.2, -0.15) is 0 Å². The van der Waals surface area contributed by atoms with E-state index in [1.807, 2.05) is 0 Å². The van der Waals surface area contributed by atoms with Crippen molar-refractivity contribution in [3.63, 3.8) is 0 Å². The number of nitrogens with zero attached hydrogens (tertiary/aromatic N) is 2. The molecule has 0 bridgehead atoms. The van der Waals surface area contributed by atoms with Crippen molar-refractivity contribution in [2.24, 2.45) is 4.99 Å². The molecule has 1 aromatic heterocycles. The number of aromatic nitrogens is 1. The van der Waals surface area contributed by atoms with Crippen molar-refractivity contribution < 1.29 is 9.18 Å². The third-order valence-electron chi connectivity index (χ3n) is 3.27. The molecule has 1 aliphatic heterocycles. The second-order valence-corrected chi connectivity index (χ2v) is 5.55. The summed E-state index contributed by atoms with van der Waals surface area (Å²) in [5, 5.41) is 3.19. The summed E-state index contributed by atoms with van der Waals surface area (Å²) in [5.41, 5.74) is 1.01. The van der Waals surface area contributed by atoms with Gasteiger partial charge < -0.3 is 5.32 Å². The Morgan fingerprint density at radius 3 is 2.77 bits per heavy atom. The molecule has 1 aliphatic rings. The van der Waals surface area contributed by atoms with Crippen LogP contribution in [0.2, 0.25) is 10.0 Å². The molecule has 0 fully saturated rings. The smallest absolute Gasteiger partial charge is 0.248 e. The average molecular weight is 338 g/mol. The van der Waals surface area contributed by atoms with Gasteiger partial charge in [0.05, 0.1) is 21.4 Å². The lowest BCUT2D eigenvalue weighted by Crippen LogP contribution is -2.22. The van der Waals surface area contributed by atoms with Crippen LogP contribution < -0.4 is 5.32 Å². The standard InChI is InChI=1S/C15H10Cl2FN3O/c1-7-15(22)21-10-5-4-8(16)12(17)11(10)14(20-7)13-9(18)3-2-6-19-13/h2-7H,1H3,(H,21,22)/t7-/m0/s1. The van der Waals surface area contributed by atoms with E-state index < -0.39 is 11.9 Å². The molecule has 1 N–H and O–H groups in total. The number of pyridine rings is 1. The highest BCUT2D eigenvalue weighted by Crippen LogP contribution is 2.35. The first kappa shape index (κ1) is 14.9. The van der Waals surface area contributed by atoms with Gasteiger partial charge in [0.2, 0.25) is 5.91 Å². The van der Waals surface area contributed by atoms with Gasteiger partial charge in [-0.15, -0.1) is 0 Å². The number of rotatable bonds is 1. The molecule has 4 nitrogen and oxygen atoms in total. The highest BCUT2D eigenvalue weighted by atomic mass is 35.5. The van der Waals surface area contributed by atoms with Crippen LogP contribution in [-0.4, -0.2) is 22.6 Å². The first-order valence-electron chi connectivity index (χ1n) is 6.47. The fraction of sp³-hybridized carbons (Fsp3) is 0.133. The van der Waals surface area contributed by atoms with E-state index in [1.165, 1.54) is 18.3 Å². The van der Waals surface area contributed by atoms with Gasteiger partial charge in [0.1, 0.15) is 11.7 Å². The number of amides is 1. The van der Waals surface area contributed by atoms with Crippen LogP contribution in [0.15, 0.2) is 35.5 Å². The quantitative estimate of drug-likeness (QED) is 0.862. The zero-order valence-corrected chi connectivity index (χ0v) is 12.9. The van der Waals surface area contributed by atoms with Gasteiger partial charge in [0.25, 0.3) is 0 Å². The van der Waals surface area contributed by atoms with E-state index in [0.29, 0.717) is 11.3 Å². The van der Waals surface area contributed by atoms with Crippen molar-refractivity contribution in [2.45, 2.75) is 13.0 Å². The van der Waals surface area contributed by atoms with E-state index in [9.17, 15) is 9.18 Å². The molecule has 0 radical (unpaired) electrons. The first-order valence-corrected chi connectivity index (χ1v) is 7.22. The molecule has 7 heteroatoms. The number of nitrogens with one attached hydrogen (secondary N) is 1. The Balaban J connectivity index is 2.33. The lowest BCUT2D eigenvalue weighted by molar-refractivity contribution is -0.116. The van der Waals surface area contributed by atoms with Crippen molar-refractivity contribution >= 4 is 40.5 Å². The average Bonchev–Trinajstić information content (AvgIpc) is 2.61. The first-order chi connectivity index (χ1) is 10.5. The number of anilines is 1. The Bertz CT molecular complexity index is 807. The summed E-state index contributed by atoms with van der Waals surface area (Å²) in [6.45, 7) is 1.61. The number of carbonyl (C=O) groups excluding carboxylic acids is 1. The van der Waals surface area contributed by atoms with Gasteiger partial charge >= 0.3 is 0 Å². The molecule has 0 saturated carbocycles. The van der Waals surface area contributed by atoms with Gasteiger partial charge in [0.15, 0.2) is 5.82 Å². The van der Waals surface area contributed by atoms with Gasteiger partial charge in [-0.25, -0.2) is 4.39 Å². The Kier molecular flexibility index (Phi) is 3.85. The zero-order chi connectivity index (χ0) is 15.9. The highest BCUT2D eigenvalue weighted by molar-refractivity contribution is 6.45.